The number of hydrogen-bond donors (Lipinski definition) is 2. The summed E-state index contributed by atoms with van der Waals surface area (Å²) in [6.07, 6.45) is 4.03. The number of aromatic amines is 1. The molecule has 0 unspecified atom stereocenters. The summed E-state index contributed by atoms with van der Waals surface area (Å²) in [6.45, 7) is 4.31. The van der Waals surface area contributed by atoms with Crippen molar-refractivity contribution in [2.45, 2.75) is 51.6 Å². The second-order valence-corrected chi connectivity index (χ2v) is 4.89. The summed E-state index contributed by atoms with van der Waals surface area (Å²) in [5, 5.41) is 9.54. The van der Waals surface area contributed by atoms with Crippen LogP contribution in [0.15, 0.2) is 0 Å². The van der Waals surface area contributed by atoms with Crippen LogP contribution in [-0.4, -0.2) is 33.8 Å². The number of nitrogens with one attached hydrogen (secondary N) is 2. The molecular weight excluding hydrogens is 232 g/mol. The van der Waals surface area contributed by atoms with Gasteiger partial charge in [-0.3, -0.25) is 15.2 Å². The number of ether oxygens (including phenoxy) is 1. The van der Waals surface area contributed by atoms with Gasteiger partial charge in [0.25, 0.3) is 0 Å². The summed E-state index contributed by atoms with van der Waals surface area (Å²) in [5.74, 6) is 1.63. The first-order chi connectivity index (χ1) is 8.65. The van der Waals surface area contributed by atoms with Crippen LogP contribution in [-0.2, 0) is 9.53 Å². The molecule has 1 aromatic rings. The van der Waals surface area contributed by atoms with Crippen molar-refractivity contribution >= 4 is 11.9 Å². The van der Waals surface area contributed by atoms with Crippen molar-refractivity contribution < 1.29 is 9.53 Å². The summed E-state index contributed by atoms with van der Waals surface area (Å²) in [6, 6.07) is 0. The molecule has 1 amide bonds. The molecule has 0 aromatic carbocycles. The zero-order valence-corrected chi connectivity index (χ0v) is 10.9. The molecule has 1 aliphatic rings. The molecule has 0 spiro atoms. The molecule has 2 rings (SSSR count). The molecule has 2 N–H and O–H groups in total. The van der Waals surface area contributed by atoms with Gasteiger partial charge in [0, 0.05) is 5.92 Å². The van der Waals surface area contributed by atoms with Crippen LogP contribution in [0.5, 0.6) is 0 Å². The minimum atomic E-state index is -0.116. The third kappa shape index (κ3) is 3.53. The Morgan fingerprint density at radius 1 is 1.56 bits per heavy atom. The van der Waals surface area contributed by atoms with Crippen molar-refractivity contribution in [3.05, 3.63) is 5.82 Å². The summed E-state index contributed by atoms with van der Waals surface area (Å²) in [5.41, 5.74) is 0. The topological polar surface area (TPSA) is 79.9 Å². The van der Waals surface area contributed by atoms with Gasteiger partial charge in [-0.25, -0.2) is 0 Å². The number of rotatable bonds is 6. The van der Waals surface area contributed by atoms with Crippen LogP contribution < -0.4 is 5.32 Å². The van der Waals surface area contributed by atoms with E-state index < -0.39 is 0 Å². The Morgan fingerprint density at radius 2 is 2.33 bits per heavy atom. The summed E-state index contributed by atoms with van der Waals surface area (Å²) in [4.78, 5) is 15.8. The van der Waals surface area contributed by atoms with E-state index in [1.807, 2.05) is 13.8 Å². The third-order valence-corrected chi connectivity index (χ3v) is 3.03. The van der Waals surface area contributed by atoms with E-state index in [4.69, 9.17) is 4.74 Å². The van der Waals surface area contributed by atoms with Crippen LogP contribution >= 0.6 is 0 Å². The summed E-state index contributed by atoms with van der Waals surface area (Å²) >= 11 is 0. The van der Waals surface area contributed by atoms with Gasteiger partial charge in [0.05, 0.1) is 19.1 Å². The Labute approximate surface area is 107 Å². The number of H-pyrrole nitrogens is 1. The highest BCUT2D eigenvalue weighted by molar-refractivity contribution is 5.88. The lowest BCUT2D eigenvalue weighted by molar-refractivity contribution is -0.117. The number of nitrogens with zero attached hydrogens (tertiary/aromatic N) is 2. The Morgan fingerprint density at radius 3 is 2.94 bits per heavy atom. The van der Waals surface area contributed by atoms with Gasteiger partial charge < -0.3 is 4.74 Å². The molecule has 6 nitrogen and oxygen atoms in total. The number of carbonyl (C=O) groups excluding carboxylic acids is 1. The van der Waals surface area contributed by atoms with Crippen molar-refractivity contribution in [3.8, 4) is 0 Å². The van der Waals surface area contributed by atoms with Crippen LogP contribution in [0.3, 0.4) is 0 Å². The largest absolute Gasteiger partial charge is 0.378 e. The highest BCUT2D eigenvalue weighted by atomic mass is 16.5. The van der Waals surface area contributed by atoms with Gasteiger partial charge in [-0.15, -0.1) is 5.10 Å². The van der Waals surface area contributed by atoms with Crippen LogP contribution in [0.2, 0.25) is 0 Å². The number of hydrogen-bond acceptors (Lipinski definition) is 4. The normalized spacial score (nSPS) is 15.7. The zero-order chi connectivity index (χ0) is 13.0. The lowest BCUT2D eigenvalue weighted by Crippen LogP contribution is -2.16. The van der Waals surface area contributed by atoms with Gasteiger partial charge in [-0.1, -0.05) is 6.42 Å². The van der Waals surface area contributed by atoms with Crippen molar-refractivity contribution in [2.24, 2.45) is 0 Å². The molecule has 1 aliphatic carbocycles. The number of carbonyl (C=O) groups is 1. The van der Waals surface area contributed by atoms with Gasteiger partial charge in [-0.2, -0.15) is 4.98 Å². The number of aromatic nitrogens is 3. The first-order valence-electron chi connectivity index (χ1n) is 6.49. The quantitative estimate of drug-likeness (QED) is 0.809. The van der Waals surface area contributed by atoms with Crippen LogP contribution in [0.25, 0.3) is 0 Å². The van der Waals surface area contributed by atoms with Crippen LogP contribution in [0.1, 0.15) is 51.3 Å². The Kier molecular flexibility index (Phi) is 4.30. The second kappa shape index (κ2) is 5.95. The zero-order valence-electron chi connectivity index (χ0n) is 10.9. The van der Waals surface area contributed by atoms with Gasteiger partial charge in [0.2, 0.25) is 11.9 Å². The maximum absolute atomic E-state index is 11.6. The molecule has 1 fully saturated rings. The summed E-state index contributed by atoms with van der Waals surface area (Å²) < 4.78 is 5.31. The van der Waals surface area contributed by atoms with E-state index >= 15 is 0 Å². The predicted molar refractivity (Wildman–Crippen MR) is 67.3 cm³/mol. The van der Waals surface area contributed by atoms with E-state index in [1.165, 1.54) is 6.42 Å². The predicted octanol–water partition coefficient (Wildman–Crippen LogP) is 1.83. The van der Waals surface area contributed by atoms with Gasteiger partial charge in [0.1, 0.15) is 5.82 Å². The highest BCUT2D eigenvalue weighted by Gasteiger charge is 2.23. The molecule has 6 heteroatoms. The maximum atomic E-state index is 11.6. The molecule has 0 bridgehead atoms. The Balaban J connectivity index is 1.74. The number of anilines is 1. The third-order valence-electron chi connectivity index (χ3n) is 3.03. The standard InChI is InChI=1S/C12H20N4O2/c1-8(2)18-7-6-10(17)13-12-14-11(15-16-12)9-4-3-5-9/h8-9H,3-7H2,1-2H3,(H2,13,14,15,16,17). The lowest BCUT2D eigenvalue weighted by atomic mass is 9.85. The molecule has 100 valence electrons. The van der Waals surface area contributed by atoms with E-state index in [0.29, 0.717) is 24.9 Å². The Bertz CT molecular complexity index is 399. The molecule has 1 aromatic heterocycles. The first-order valence-corrected chi connectivity index (χ1v) is 6.49. The first kappa shape index (κ1) is 13.0. The van der Waals surface area contributed by atoms with E-state index in [2.05, 4.69) is 20.5 Å². The number of amides is 1. The lowest BCUT2D eigenvalue weighted by Gasteiger charge is -2.22. The van der Waals surface area contributed by atoms with Crippen LogP contribution in [0.4, 0.5) is 5.95 Å². The van der Waals surface area contributed by atoms with Gasteiger partial charge in [-0.05, 0) is 26.7 Å². The highest BCUT2D eigenvalue weighted by Crippen LogP contribution is 2.34. The minimum Gasteiger partial charge on any atom is -0.378 e. The molecule has 0 radical (unpaired) electrons. The molecule has 0 aliphatic heterocycles. The minimum absolute atomic E-state index is 0.116. The van der Waals surface area contributed by atoms with E-state index in [9.17, 15) is 4.79 Å². The molecule has 18 heavy (non-hydrogen) atoms. The second-order valence-electron chi connectivity index (χ2n) is 4.89. The monoisotopic (exact) mass is 252 g/mol. The van der Waals surface area contributed by atoms with Crippen molar-refractivity contribution in [1.29, 1.82) is 0 Å². The van der Waals surface area contributed by atoms with E-state index in [0.717, 1.165) is 18.7 Å². The van der Waals surface area contributed by atoms with Crippen molar-refractivity contribution in [2.75, 3.05) is 11.9 Å². The van der Waals surface area contributed by atoms with Gasteiger partial charge >= 0.3 is 0 Å². The fraction of sp³-hybridized carbons (Fsp3) is 0.750. The van der Waals surface area contributed by atoms with Gasteiger partial charge in [0.15, 0.2) is 0 Å². The van der Waals surface area contributed by atoms with Crippen molar-refractivity contribution in [1.82, 2.24) is 15.2 Å². The van der Waals surface area contributed by atoms with E-state index in [-0.39, 0.29) is 12.0 Å². The maximum Gasteiger partial charge on any atom is 0.248 e. The fourth-order valence-electron chi connectivity index (χ4n) is 1.77. The van der Waals surface area contributed by atoms with Crippen LogP contribution in [0, 0.1) is 0 Å². The molecule has 1 heterocycles. The molecule has 1 saturated carbocycles. The molecule has 0 saturated heterocycles. The van der Waals surface area contributed by atoms with Crippen molar-refractivity contribution in [3.63, 3.8) is 0 Å². The average molecular weight is 252 g/mol. The Hall–Kier alpha value is -1.43. The molecule has 0 atom stereocenters. The smallest absolute Gasteiger partial charge is 0.248 e. The average Bonchev–Trinajstić information content (AvgIpc) is 2.62. The molecular formula is C12H20N4O2. The summed E-state index contributed by atoms with van der Waals surface area (Å²) in [7, 11) is 0. The fourth-order valence-corrected chi connectivity index (χ4v) is 1.77. The van der Waals surface area contributed by atoms with E-state index in [1.54, 1.807) is 0 Å². The SMILES string of the molecule is CC(C)OCCC(=O)Nc1n[nH]c(C2CCC2)n1.